The number of hydroxylamine groups is 2. The van der Waals surface area contributed by atoms with Gasteiger partial charge in [-0.25, -0.2) is 5.06 Å². The Bertz CT molecular complexity index is 866. The van der Waals surface area contributed by atoms with Crippen molar-refractivity contribution in [3.8, 4) is 5.75 Å². The number of allylic oxidation sites excluding steroid dienone is 1. The number of amides is 1. The van der Waals surface area contributed by atoms with Gasteiger partial charge in [0.1, 0.15) is 5.75 Å². The van der Waals surface area contributed by atoms with Gasteiger partial charge in [0, 0.05) is 29.2 Å². The van der Waals surface area contributed by atoms with Crippen LogP contribution >= 0.6 is 0 Å². The van der Waals surface area contributed by atoms with E-state index >= 15 is 0 Å². The third-order valence-corrected chi connectivity index (χ3v) is 6.82. The zero-order valence-electron chi connectivity index (χ0n) is 20.2. The summed E-state index contributed by atoms with van der Waals surface area (Å²) in [5.41, 5.74) is 2.23. The zero-order chi connectivity index (χ0) is 23.0. The molecule has 0 radical (unpaired) electrons. The summed E-state index contributed by atoms with van der Waals surface area (Å²) in [5.74, 6) is 0.898. The monoisotopic (exact) mass is 443 g/mol. The van der Waals surface area contributed by atoms with Crippen LogP contribution in [0.5, 0.6) is 5.75 Å². The lowest BCUT2D eigenvalue weighted by atomic mass is 9.88. The lowest BCUT2D eigenvalue weighted by Gasteiger charge is -2.42. The van der Waals surface area contributed by atoms with E-state index in [0.717, 1.165) is 11.3 Å². The van der Waals surface area contributed by atoms with E-state index in [2.05, 4.69) is 26.8 Å². The molecule has 0 bridgehead atoms. The maximum atomic E-state index is 13.4. The summed E-state index contributed by atoms with van der Waals surface area (Å²) in [5, 5.41) is 1.61. The molecule has 32 heavy (non-hydrogen) atoms. The van der Waals surface area contributed by atoms with Crippen LogP contribution in [0.25, 0.3) is 0 Å². The normalized spacial score (nSPS) is 31.3. The summed E-state index contributed by atoms with van der Waals surface area (Å²) in [7, 11) is 0. The van der Waals surface area contributed by atoms with Gasteiger partial charge in [0.15, 0.2) is 5.79 Å². The lowest BCUT2D eigenvalue weighted by Crippen LogP contribution is -2.47. The fourth-order valence-electron chi connectivity index (χ4n) is 5.24. The van der Waals surface area contributed by atoms with Gasteiger partial charge in [0.2, 0.25) is 5.91 Å². The van der Waals surface area contributed by atoms with Crippen LogP contribution in [-0.2, 0) is 19.1 Å². The molecular weight excluding hydrogens is 406 g/mol. The number of hydrogen-bond acceptors (Lipinski definition) is 5. The van der Waals surface area contributed by atoms with Gasteiger partial charge in [0.25, 0.3) is 0 Å². The van der Waals surface area contributed by atoms with Crippen LogP contribution < -0.4 is 4.74 Å². The SMILES string of the molecule is C/C(=C/[C@@H](C)[C@@H]1OC(C)(C)OC[C@H]1C)C[C@@H](C)C(=O)N1OC[C@H]2COc3ccccc3[C@H]21. The number of fused-ring (bicyclic) bond motifs is 3. The van der Waals surface area contributed by atoms with Crippen molar-refractivity contribution in [1.29, 1.82) is 0 Å². The van der Waals surface area contributed by atoms with E-state index in [0.29, 0.717) is 32.2 Å². The molecule has 3 heterocycles. The van der Waals surface area contributed by atoms with Crippen LogP contribution in [-0.4, -0.2) is 42.7 Å². The van der Waals surface area contributed by atoms with Crippen molar-refractivity contribution in [1.82, 2.24) is 5.06 Å². The van der Waals surface area contributed by atoms with Crippen molar-refractivity contribution in [2.24, 2.45) is 23.7 Å². The second-order valence-electron chi connectivity index (χ2n) is 10.3. The van der Waals surface area contributed by atoms with E-state index < -0.39 is 5.79 Å². The van der Waals surface area contributed by atoms with E-state index in [4.69, 9.17) is 19.0 Å². The van der Waals surface area contributed by atoms with E-state index in [1.807, 2.05) is 45.0 Å². The summed E-state index contributed by atoms with van der Waals surface area (Å²) >= 11 is 0. The van der Waals surface area contributed by atoms with Crippen molar-refractivity contribution in [2.45, 2.75) is 65.9 Å². The molecule has 0 aromatic heterocycles. The molecule has 1 amide bonds. The Balaban J connectivity index is 1.41. The largest absolute Gasteiger partial charge is 0.493 e. The number of carbonyl (C=O) groups is 1. The number of nitrogens with zero attached hydrogens (tertiary/aromatic N) is 1. The minimum atomic E-state index is -0.555. The molecular formula is C26H37NO5. The number of benzene rings is 1. The first kappa shape index (κ1) is 23.3. The van der Waals surface area contributed by atoms with Crippen molar-refractivity contribution in [2.75, 3.05) is 19.8 Å². The molecule has 0 saturated carbocycles. The first-order valence-electron chi connectivity index (χ1n) is 11.8. The number of para-hydroxylation sites is 1. The summed E-state index contributed by atoms with van der Waals surface area (Å²) in [6.07, 6.45) is 3.05. The molecule has 6 nitrogen and oxygen atoms in total. The fraction of sp³-hybridized carbons (Fsp3) is 0.654. The number of ether oxygens (including phenoxy) is 3. The molecule has 3 aliphatic rings. The zero-order valence-corrected chi connectivity index (χ0v) is 20.2. The Hall–Kier alpha value is -1.89. The van der Waals surface area contributed by atoms with Gasteiger partial charge < -0.3 is 14.2 Å². The molecule has 2 saturated heterocycles. The lowest BCUT2D eigenvalue weighted by molar-refractivity contribution is -0.296. The van der Waals surface area contributed by atoms with Crippen molar-refractivity contribution in [3.63, 3.8) is 0 Å². The number of hydrogen-bond donors (Lipinski definition) is 0. The summed E-state index contributed by atoms with van der Waals surface area (Å²) in [4.78, 5) is 19.2. The smallest absolute Gasteiger partial charge is 0.249 e. The maximum Gasteiger partial charge on any atom is 0.249 e. The molecule has 6 atom stereocenters. The third kappa shape index (κ3) is 4.73. The number of carbonyl (C=O) groups excluding carboxylic acids is 1. The number of rotatable bonds is 5. The van der Waals surface area contributed by atoms with Crippen molar-refractivity contribution in [3.05, 3.63) is 41.5 Å². The molecule has 6 heteroatoms. The van der Waals surface area contributed by atoms with Crippen LogP contribution in [0.3, 0.4) is 0 Å². The fourth-order valence-corrected chi connectivity index (χ4v) is 5.24. The standard InChI is InChI=1S/C26H37NO5/c1-16(11-17(2)24-19(4)13-30-26(5,6)32-24)12-18(3)25(28)27-23-20(15-31-27)14-29-22-10-8-7-9-21(22)23/h7-11,17-20,23-24H,12-15H2,1-6H3/b16-11-/t17-,18-,19-,20-,23+,24+/m1/s1. The first-order chi connectivity index (χ1) is 15.2. The Labute approximate surface area is 191 Å². The molecule has 1 aromatic carbocycles. The summed E-state index contributed by atoms with van der Waals surface area (Å²) in [6.45, 7) is 14.2. The first-order valence-corrected chi connectivity index (χ1v) is 11.8. The molecule has 176 valence electrons. The molecule has 1 aromatic rings. The van der Waals surface area contributed by atoms with Gasteiger partial charge in [-0.2, -0.15) is 0 Å². The summed E-state index contributed by atoms with van der Waals surface area (Å²) < 4.78 is 17.8. The third-order valence-electron chi connectivity index (χ3n) is 6.82. The van der Waals surface area contributed by atoms with Crippen LogP contribution in [0.1, 0.15) is 59.6 Å². The highest BCUT2D eigenvalue weighted by Gasteiger charge is 2.45. The predicted octanol–water partition coefficient (Wildman–Crippen LogP) is 4.91. The molecule has 0 N–H and O–H groups in total. The van der Waals surface area contributed by atoms with E-state index in [9.17, 15) is 4.79 Å². The maximum absolute atomic E-state index is 13.4. The molecule has 0 unspecified atom stereocenters. The summed E-state index contributed by atoms with van der Waals surface area (Å²) in [6, 6.07) is 7.88. The van der Waals surface area contributed by atoms with Gasteiger partial charge >= 0.3 is 0 Å². The minimum absolute atomic E-state index is 0.0337. The molecule has 0 spiro atoms. The van der Waals surface area contributed by atoms with Gasteiger partial charge in [-0.3, -0.25) is 9.63 Å². The van der Waals surface area contributed by atoms with Gasteiger partial charge in [-0.15, -0.1) is 0 Å². The van der Waals surface area contributed by atoms with E-state index in [1.54, 1.807) is 5.06 Å². The highest BCUT2D eigenvalue weighted by atomic mass is 16.7. The van der Waals surface area contributed by atoms with Crippen LogP contribution in [0.15, 0.2) is 35.9 Å². The molecule has 4 rings (SSSR count). The highest BCUT2D eigenvalue weighted by Crippen LogP contribution is 2.44. The predicted molar refractivity (Wildman–Crippen MR) is 122 cm³/mol. The molecule has 0 aliphatic carbocycles. The Morgan fingerprint density at radius 3 is 2.75 bits per heavy atom. The Morgan fingerprint density at radius 1 is 1.22 bits per heavy atom. The van der Waals surface area contributed by atoms with Crippen LogP contribution in [0.4, 0.5) is 0 Å². The van der Waals surface area contributed by atoms with Gasteiger partial charge in [-0.05, 0) is 33.3 Å². The second-order valence-corrected chi connectivity index (χ2v) is 10.3. The van der Waals surface area contributed by atoms with Crippen molar-refractivity contribution >= 4 is 5.91 Å². The molecule has 3 aliphatic heterocycles. The van der Waals surface area contributed by atoms with E-state index in [1.165, 1.54) is 5.57 Å². The van der Waals surface area contributed by atoms with Crippen molar-refractivity contribution < 1.29 is 23.8 Å². The molecule has 2 fully saturated rings. The minimum Gasteiger partial charge on any atom is -0.493 e. The average molecular weight is 444 g/mol. The Kier molecular flexibility index (Phi) is 6.66. The quantitative estimate of drug-likeness (QED) is 0.606. The van der Waals surface area contributed by atoms with Gasteiger partial charge in [0.05, 0.1) is 32.0 Å². The Morgan fingerprint density at radius 2 is 1.97 bits per heavy atom. The van der Waals surface area contributed by atoms with Crippen LogP contribution in [0, 0.1) is 23.7 Å². The average Bonchev–Trinajstić information content (AvgIpc) is 3.19. The highest BCUT2D eigenvalue weighted by molar-refractivity contribution is 5.78. The second kappa shape index (κ2) is 9.16. The topological polar surface area (TPSA) is 57.2 Å². The van der Waals surface area contributed by atoms with E-state index in [-0.39, 0.29) is 35.8 Å². The van der Waals surface area contributed by atoms with Gasteiger partial charge in [-0.1, -0.05) is 50.6 Å². The van der Waals surface area contributed by atoms with Crippen LogP contribution in [0.2, 0.25) is 0 Å².